The van der Waals surface area contributed by atoms with Gasteiger partial charge < -0.3 is 14.4 Å². The number of carboxylic acids is 1. The fourth-order valence-electron chi connectivity index (χ4n) is 2.54. The van der Waals surface area contributed by atoms with Crippen molar-refractivity contribution in [2.45, 2.75) is 13.2 Å². The molecule has 0 aliphatic rings. The lowest BCUT2D eigenvalue weighted by atomic mass is 10.2. The number of aromatic nitrogens is 2. The molecule has 5 nitrogen and oxygen atoms in total. The third-order valence-electron chi connectivity index (χ3n) is 3.69. The first-order valence-corrected chi connectivity index (χ1v) is 7.90. The van der Waals surface area contributed by atoms with Crippen molar-refractivity contribution < 1.29 is 14.6 Å². The molecule has 0 saturated heterocycles. The van der Waals surface area contributed by atoms with Crippen molar-refractivity contribution in [1.82, 2.24) is 9.55 Å². The summed E-state index contributed by atoms with van der Waals surface area (Å²) in [4.78, 5) is 15.8. The number of hydrogen-bond donors (Lipinski definition) is 1. The van der Waals surface area contributed by atoms with Crippen LogP contribution in [0.4, 0.5) is 0 Å². The summed E-state index contributed by atoms with van der Waals surface area (Å²) in [6.45, 7) is 0.747. The summed E-state index contributed by atoms with van der Waals surface area (Å²) < 4.78 is 7.11. The quantitative estimate of drug-likeness (QED) is 0.735. The molecule has 3 aromatic rings. The highest BCUT2D eigenvalue weighted by molar-refractivity contribution is 6.35. The van der Waals surface area contributed by atoms with Gasteiger partial charge in [-0.2, -0.15) is 0 Å². The predicted molar refractivity (Wildman–Crippen MR) is 93.0 cm³/mol. The highest BCUT2D eigenvalue weighted by atomic mass is 35.5. The number of carboxylic acid groups (broad SMARTS) is 1. The van der Waals surface area contributed by atoms with Crippen LogP contribution >= 0.6 is 23.2 Å². The predicted octanol–water partition coefficient (Wildman–Crippen LogP) is 4.24. The van der Waals surface area contributed by atoms with Gasteiger partial charge in [0.05, 0.1) is 23.1 Å². The van der Waals surface area contributed by atoms with Crippen LogP contribution in [0.1, 0.15) is 21.7 Å². The van der Waals surface area contributed by atoms with Crippen LogP contribution in [0.2, 0.25) is 10.0 Å². The van der Waals surface area contributed by atoms with Gasteiger partial charge in [0.25, 0.3) is 0 Å². The van der Waals surface area contributed by atoms with Crippen LogP contribution < -0.4 is 0 Å². The Balaban J connectivity index is 2.13. The SMILES string of the molecule is COCc1nc2ccc(C(=O)O)cc2n1Cc1ccc(Cl)cc1Cl. The van der Waals surface area contributed by atoms with Crippen molar-refractivity contribution in [2.24, 2.45) is 0 Å². The molecule has 0 radical (unpaired) electrons. The van der Waals surface area contributed by atoms with Crippen LogP contribution in [-0.2, 0) is 17.9 Å². The number of carbonyl (C=O) groups is 1. The van der Waals surface area contributed by atoms with Crippen LogP contribution in [-0.4, -0.2) is 27.7 Å². The Morgan fingerprint density at radius 2 is 2.04 bits per heavy atom. The summed E-state index contributed by atoms with van der Waals surface area (Å²) in [5.41, 5.74) is 2.48. The number of halogens is 2. The van der Waals surface area contributed by atoms with Crippen molar-refractivity contribution in [3.63, 3.8) is 0 Å². The molecule has 1 N–H and O–H groups in total. The number of methoxy groups -OCH3 is 1. The van der Waals surface area contributed by atoms with Gasteiger partial charge in [0.2, 0.25) is 0 Å². The minimum Gasteiger partial charge on any atom is -0.478 e. The first kappa shape index (κ1) is 16.8. The zero-order valence-corrected chi connectivity index (χ0v) is 14.3. The largest absolute Gasteiger partial charge is 0.478 e. The molecule has 0 saturated carbocycles. The van der Waals surface area contributed by atoms with Gasteiger partial charge in [-0.1, -0.05) is 29.3 Å². The van der Waals surface area contributed by atoms with E-state index in [9.17, 15) is 9.90 Å². The summed E-state index contributed by atoms with van der Waals surface area (Å²) in [5.74, 6) is -0.288. The molecule has 0 unspecified atom stereocenters. The lowest BCUT2D eigenvalue weighted by molar-refractivity contribution is 0.0697. The summed E-state index contributed by atoms with van der Waals surface area (Å²) in [6, 6.07) is 10.1. The molecule has 0 bridgehead atoms. The summed E-state index contributed by atoms with van der Waals surface area (Å²) in [6.07, 6.45) is 0. The molecule has 7 heteroatoms. The van der Waals surface area contributed by atoms with E-state index in [1.807, 2.05) is 10.6 Å². The second-order valence-electron chi connectivity index (χ2n) is 5.29. The van der Waals surface area contributed by atoms with E-state index in [0.29, 0.717) is 40.1 Å². The topological polar surface area (TPSA) is 64.3 Å². The number of hydrogen-bond acceptors (Lipinski definition) is 3. The maximum atomic E-state index is 11.2. The molecule has 3 rings (SSSR count). The van der Waals surface area contributed by atoms with E-state index in [4.69, 9.17) is 27.9 Å². The van der Waals surface area contributed by atoms with Crippen LogP contribution in [0.15, 0.2) is 36.4 Å². The lowest BCUT2D eigenvalue weighted by Gasteiger charge is -2.11. The fraction of sp³-hybridized carbons (Fsp3) is 0.176. The fourth-order valence-corrected chi connectivity index (χ4v) is 3.01. The molecule has 0 fully saturated rings. The summed E-state index contributed by atoms with van der Waals surface area (Å²) in [5, 5.41) is 10.3. The normalized spacial score (nSPS) is 11.1. The van der Waals surface area contributed by atoms with Crippen LogP contribution in [0, 0.1) is 0 Å². The molecule has 24 heavy (non-hydrogen) atoms. The van der Waals surface area contributed by atoms with Crippen molar-refractivity contribution in [2.75, 3.05) is 7.11 Å². The Morgan fingerprint density at radius 1 is 1.25 bits per heavy atom. The third-order valence-corrected chi connectivity index (χ3v) is 4.28. The first-order valence-electron chi connectivity index (χ1n) is 7.15. The molecular weight excluding hydrogens is 351 g/mol. The van der Waals surface area contributed by atoms with Gasteiger partial charge in [-0.25, -0.2) is 9.78 Å². The number of imidazole rings is 1. The van der Waals surface area contributed by atoms with E-state index < -0.39 is 5.97 Å². The van der Waals surface area contributed by atoms with E-state index >= 15 is 0 Å². The Morgan fingerprint density at radius 3 is 2.71 bits per heavy atom. The maximum absolute atomic E-state index is 11.2. The Labute approximate surface area is 148 Å². The van der Waals surface area contributed by atoms with Gasteiger partial charge in [-0.05, 0) is 35.9 Å². The molecule has 1 heterocycles. The van der Waals surface area contributed by atoms with Crippen molar-refractivity contribution in [3.8, 4) is 0 Å². The van der Waals surface area contributed by atoms with E-state index in [1.165, 1.54) is 6.07 Å². The van der Waals surface area contributed by atoms with E-state index in [0.717, 1.165) is 5.56 Å². The van der Waals surface area contributed by atoms with Gasteiger partial charge in [0.1, 0.15) is 12.4 Å². The minimum atomic E-state index is -0.984. The zero-order valence-electron chi connectivity index (χ0n) is 12.8. The Kier molecular flexibility index (Phi) is 4.76. The van der Waals surface area contributed by atoms with E-state index in [-0.39, 0.29) is 5.56 Å². The second-order valence-corrected chi connectivity index (χ2v) is 6.14. The Hall–Kier alpha value is -2.08. The molecule has 1 aromatic heterocycles. The highest BCUT2D eigenvalue weighted by Crippen LogP contribution is 2.25. The minimum absolute atomic E-state index is 0.204. The van der Waals surface area contributed by atoms with Crippen LogP contribution in [0.25, 0.3) is 11.0 Å². The number of aromatic carboxylic acids is 1. The lowest BCUT2D eigenvalue weighted by Crippen LogP contribution is -2.07. The van der Waals surface area contributed by atoms with Crippen molar-refractivity contribution >= 4 is 40.2 Å². The second kappa shape index (κ2) is 6.81. The maximum Gasteiger partial charge on any atom is 0.335 e. The summed E-state index contributed by atoms with van der Waals surface area (Å²) >= 11 is 12.2. The average Bonchev–Trinajstić information content (AvgIpc) is 2.87. The number of benzene rings is 2. The molecule has 0 amide bonds. The standard InChI is InChI=1S/C17H14Cl2N2O3/c1-24-9-16-20-14-5-3-10(17(22)23)6-15(14)21(16)8-11-2-4-12(18)7-13(11)19/h2-7H,8-9H2,1H3,(H,22,23). The van der Waals surface area contributed by atoms with E-state index in [2.05, 4.69) is 4.98 Å². The zero-order chi connectivity index (χ0) is 17.3. The van der Waals surface area contributed by atoms with Gasteiger partial charge in [0, 0.05) is 17.2 Å². The van der Waals surface area contributed by atoms with Gasteiger partial charge >= 0.3 is 5.97 Å². The van der Waals surface area contributed by atoms with Gasteiger partial charge in [0.15, 0.2) is 0 Å². The molecule has 0 aliphatic heterocycles. The number of nitrogens with zero attached hydrogens (tertiary/aromatic N) is 2. The smallest absolute Gasteiger partial charge is 0.335 e. The van der Waals surface area contributed by atoms with E-state index in [1.54, 1.807) is 31.4 Å². The summed E-state index contributed by atoms with van der Waals surface area (Å²) in [7, 11) is 1.58. The highest BCUT2D eigenvalue weighted by Gasteiger charge is 2.15. The van der Waals surface area contributed by atoms with Crippen molar-refractivity contribution in [1.29, 1.82) is 0 Å². The van der Waals surface area contributed by atoms with Crippen LogP contribution in [0.3, 0.4) is 0 Å². The number of ether oxygens (including phenoxy) is 1. The van der Waals surface area contributed by atoms with Crippen LogP contribution in [0.5, 0.6) is 0 Å². The van der Waals surface area contributed by atoms with Gasteiger partial charge in [-0.15, -0.1) is 0 Å². The third kappa shape index (κ3) is 3.24. The molecule has 0 atom stereocenters. The molecule has 0 aliphatic carbocycles. The number of fused-ring (bicyclic) bond motifs is 1. The monoisotopic (exact) mass is 364 g/mol. The van der Waals surface area contributed by atoms with Crippen molar-refractivity contribution in [3.05, 3.63) is 63.4 Å². The first-order chi connectivity index (χ1) is 11.5. The molecule has 0 spiro atoms. The average molecular weight is 365 g/mol. The molecule has 124 valence electrons. The molecule has 2 aromatic carbocycles. The van der Waals surface area contributed by atoms with Gasteiger partial charge in [-0.3, -0.25) is 0 Å². The Bertz CT molecular complexity index is 922. The molecular formula is C17H14Cl2N2O3. The number of rotatable bonds is 5.